The van der Waals surface area contributed by atoms with Gasteiger partial charge in [0, 0.05) is 51.0 Å². The molecule has 0 aromatic heterocycles. The molecule has 4 aliphatic rings. The molecule has 14 nitrogen and oxygen atoms in total. The van der Waals surface area contributed by atoms with Gasteiger partial charge in [-0.15, -0.1) is 0 Å². The molecule has 0 spiro atoms. The highest BCUT2D eigenvalue weighted by Crippen LogP contribution is 2.62. The highest BCUT2D eigenvalue weighted by molar-refractivity contribution is 5.76. The van der Waals surface area contributed by atoms with Gasteiger partial charge in [-0.2, -0.15) is 0 Å². The summed E-state index contributed by atoms with van der Waals surface area (Å²) < 4.78 is 13.9. The molecule has 2 saturated carbocycles. The number of aliphatic hydroxyl groups is 1. The van der Waals surface area contributed by atoms with Crippen LogP contribution in [0.4, 0.5) is 0 Å². The Kier molecular flexibility index (Phi) is 22.3. The van der Waals surface area contributed by atoms with Crippen molar-refractivity contribution in [2.24, 2.45) is 78.5 Å². The molecule has 2 aliphatic heterocycles. The molecule has 0 aromatic rings. The molecule has 14 heteroatoms. The first-order chi connectivity index (χ1) is 27.4. The second-order valence-electron chi connectivity index (χ2n) is 17.9. The van der Waals surface area contributed by atoms with E-state index in [-0.39, 0.29) is 42.2 Å². The lowest BCUT2D eigenvalue weighted by molar-refractivity contribution is -0.218. The number of aliphatic hydroxyl groups excluding tert-OH is 1. The van der Waals surface area contributed by atoms with E-state index in [0.717, 1.165) is 38.9 Å². The number of guanidine groups is 3. The number of rotatable bonds is 25. The van der Waals surface area contributed by atoms with Gasteiger partial charge in [0.2, 0.25) is 0 Å². The van der Waals surface area contributed by atoms with Gasteiger partial charge in [-0.05, 0) is 126 Å². The van der Waals surface area contributed by atoms with Gasteiger partial charge in [0.05, 0.1) is 12.2 Å². The molecule has 0 bridgehead atoms. The normalized spacial score (nSPS) is 29.8. The first-order valence-electron chi connectivity index (χ1n) is 22.9. The van der Waals surface area contributed by atoms with Crippen LogP contribution < -0.4 is 39.7 Å². The first kappa shape index (κ1) is 49.0. The van der Waals surface area contributed by atoms with E-state index >= 15 is 0 Å². The van der Waals surface area contributed by atoms with Gasteiger partial charge in [0.1, 0.15) is 0 Å². The number of nitrogens with one attached hydrogen (secondary N) is 1. The Hall–Kier alpha value is -2.39. The number of piperidine rings is 1. The number of hydrogen-bond donors (Lipinski definition) is 8. The Morgan fingerprint density at radius 1 is 0.772 bits per heavy atom. The van der Waals surface area contributed by atoms with Crippen LogP contribution in [0.1, 0.15) is 143 Å². The topological polar surface area (TPSA) is 247 Å². The second kappa shape index (κ2) is 26.0. The van der Waals surface area contributed by atoms with E-state index in [4.69, 9.17) is 49.0 Å². The number of unbranched alkanes of at least 4 members (excludes halogenated alkanes) is 5. The maximum Gasteiger partial charge on any atom is 0.185 e. The van der Waals surface area contributed by atoms with E-state index in [1.807, 2.05) is 0 Å². The lowest BCUT2D eigenvalue weighted by Crippen LogP contribution is -2.72. The van der Waals surface area contributed by atoms with Crippen LogP contribution in [-0.4, -0.2) is 111 Å². The molecule has 2 heterocycles. The number of fused-ring (bicyclic) bond motifs is 5. The maximum absolute atomic E-state index is 8.23. The smallest absolute Gasteiger partial charge is 0.185 e. The van der Waals surface area contributed by atoms with Crippen LogP contribution in [0.25, 0.3) is 0 Å². The summed E-state index contributed by atoms with van der Waals surface area (Å²) in [6, 6.07) is 0.421. The van der Waals surface area contributed by atoms with Crippen molar-refractivity contribution in [3.8, 4) is 0 Å². The van der Waals surface area contributed by atoms with E-state index in [1.54, 1.807) is 0 Å². The molecule has 14 N–H and O–H groups in total. The number of aliphatic imine (C=N–C) groups is 3. The fraction of sp³-hybridized carbons (Fsp3) is 0.930. The zero-order chi connectivity index (χ0) is 41.7. The van der Waals surface area contributed by atoms with Gasteiger partial charge in [-0.25, -0.2) is 0 Å². The van der Waals surface area contributed by atoms with E-state index in [9.17, 15) is 0 Å². The molecular formula is C43H87N11O3. The minimum atomic E-state index is -0.0274. The van der Waals surface area contributed by atoms with E-state index in [1.165, 1.54) is 89.9 Å². The molecule has 2 saturated heterocycles. The molecule has 332 valence electrons. The Labute approximate surface area is 346 Å². The molecular weight excluding hydrogens is 719 g/mol. The van der Waals surface area contributed by atoms with Crippen LogP contribution in [-0.2, 0) is 9.47 Å². The molecule has 4 rings (SSSR count). The summed E-state index contributed by atoms with van der Waals surface area (Å²) in [5.74, 6) is 2.90. The Bertz CT molecular complexity index is 1190. The predicted octanol–water partition coefficient (Wildman–Crippen LogP) is 4.16. The number of hydrogen-bond acceptors (Lipinski definition) is 8. The van der Waals surface area contributed by atoms with Crippen molar-refractivity contribution in [1.82, 2.24) is 10.2 Å². The molecule has 0 radical (unpaired) electrons. The van der Waals surface area contributed by atoms with Crippen LogP contribution in [0.15, 0.2) is 15.0 Å². The zero-order valence-corrected chi connectivity index (χ0v) is 36.7. The first-order valence-corrected chi connectivity index (χ1v) is 22.9. The molecule has 9 atom stereocenters. The van der Waals surface area contributed by atoms with Gasteiger partial charge >= 0.3 is 0 Å². The van der Waals surface area contributed by atoms with Crippen molar-refractivity contribution in [3.05, 3.63) is 0 Å². The zero-order valence-electron chi connectivity index (χ0n) is 36.7. The van der Waals surface area contributed by atoms with E-state index in [0.29, 0.717) is 74.4 Å². The third kappa shape index (κ3) is 15.0. The summed E-state index contributed by atoms with van der Waals surface area (Å²) in [6.07, 6.45) is 22.2. The van der Waals surface area contributed by atoms with Crippen molar-refractivity contribution in [2.75, 3.05) is 59.1 Å². The number of nitrogens with two attached hydrogens (primary N) is 6. The van der Waals surface area contributed by atoms with E-state index in [2.05, 4.69) is 52.9 Å². The monoisotopic (exact) mass is 806 g/mol. The summed E-state index contributed by atoms with van der Waals surface area (Å²) in [4.78, 5) is 15.0. The van der Waals surface area contributed by atoms with Crippen molar-refractivity contribution in [1.29, 1.82) is 0 Å². The quantitative estimate of drug-likeness (QED) is 0.0370. The summed E-state index contributed by atoms with van der Waals surface area (Å²) in [5.41, 5.74) is 32.7. The largest absolute Gasteiger partial charge is 0.396 e. The van der Waals surface area contributed by atoms with Gasteiger partial charge in [-0.1, -0.05) is 65.7 Å². The van der Waals surface area contributed by atoms with Crippen LogP contribution in [0.3, 0.4) is 0 Å². The molecule has 57 heavy (non-hydrogen) atoms. The minimum Gasteiger partial charge on any atom is -0.396 e. The molecule has 4 fully saturated rings. The highest BCUT2D eigenvalue weighted by Gasteiger charge is 2.65. The molecule has 0 aromatic carbocycles. The summed E-state index contributed by atoms with van der Waals surface area (Å²) in [7, 11) is 0. The van der Waals surface area contributed by atoms with Crippen molar-refractivity contribution in [3.63, 3.8) is 0 Å². The summed E-state index contributed by atoms with van der Waals surface area (Å²) >= 11 is 0. The van der Waals surface area contributed by atoms with Gasteiger partial charge < -0.3 is 54.3 Å². The van der Waals surface area contributed by atoms with Crippen LogP contribution in [0.5, 0.6) is 0 Å². The lowest BCUT2D eigenvalue weighted by atomic mass is 9.50. The van der Waals surface area contributed by atoms with Crippen molar-refractivity contribution in [2.45, 2.75) is 167 Å². The van der Waals surface area contributed by atoms with Gasteiger partial charge in [-0.3, -0.25) is 19.9 Å². The van der Waals surface area contributed by atoms with Crippen molar-refractivity contribution < 1.29 is 14.6 Å². The predicted molar refractivity (Wildman–Crippen MR) is 237 cm³/mol. The average Bonchev–Trinajstić information content (AvgIpc) is 3.53. The van der Waals surface area contributed by atoms with Crippen molar-refractivity contribution >= 4 is 17.9 Å². The average molecular weight is 806 g/mol. The fourth-order valence-electron chi connectivity index (χ4n) is 11.0. The number of ether oxygens (including phenoxy) is 2. The molecule has 2 aliphatic carbocycles. The molecule has 5 unspecified atom stereocenters. The second-order valence-corrected chi connectivity index (χ2v) is 17.9. The van der Waals surface area contributed by atoms with Gasteiger partial charge in [0.25, 0.3) is 0 Å². The Morgan fingerprint density at radius 3 is 2.04 bits per heavy atom. The fourth-order valence-corrected chi connectivity index (χ4v) is 11.0. The van der Waals surface area contributed by atoms with E-state index < -0.39 is 0 Å². The highest BCUT2D eigenvalue weighted by atomic mass is 16.5. The van der Waals surface area contributed by atoms with Crippen LogP contribution in [0.2, 0.25) is 0 Å². The molecule has 0 amide bonds. The number of nitrogens with zero attached hydrogens (tertiary/aromatic N) is 4. The maximum atomic E-state index is 8.23. The standard InChI is InChI=1S/C39H76N8O2.C4H11N3O/c1-5-6-7-8-9-12-20-44-21-13-16-29(2)31-18-24-47-35-32(28-34(39(31,47)4)49-26-15-23-46-37(42)43)38(3)19-11-10-17-30(38)27-33(35)48-25-14-22-45-36(40)41;5-4(6)7-2-1-3-8/h29-35,44H,5-28H2,1-4H3,(H4,40,41,45)(H4,42,43,46);8H,1-3H2,(H4,5,6,7)/t29-,30?,31?,32?,33-,34?,35?,38+,39+;/m1./s1. The SMILES string of the molecule is CCCCCCCCNCCC[C@@H](C)C1CCN2C3C(CC(OCCCN=C(N)N)[C@]12C)[C@@]1(C)CCCCC1C[C@H]3OCCCN=C(N)N.NC(N)=NCCCO. The summed E-state index contributed by atoms with van der Waals surface area (Å²) in [5, 5.41) is 12.0. The third-order valence-corrected chi connectivity index (χ3v) is 14.0. The Morgan fingerprint density at radius 2 is 1.39 bits per heavy atom. The Balaban J connectivity index is 0.000000980. The van der Waals surface area contributed by atoms with Crippen LogP contribution in [0, 0.1) is 29.1 Å². The lowest BCUT2D eigenvalue weighted by Gasteiger charge is -2.65. The third-order valence-electron chi connectivity index (χ3n) is 14.0. The summed E-state index contributed by atoms with van der Waals surface area (Å²) in [6.45, 7) is 16.7. The van der Waals surface area contributed by atoms with Crippen LogP contribution >= 0.6 is 0 Å². The van der Waals surface area contributed by atoms with Gasteiger partial charge in [0.15, 0.2) is 17.9 Å². The minimum absolute atomic E-state index is 0.0274.